The van der Waals surface area contributed by atoms with E-state index in [0.717, 1.165) is 21.5 Å². The van der Waals surface area contributed by atoms with Crippen molar-refractivity contribution in [1.29, 1.82) is 0 Å². The second-order valence-electron chi connectivity index (χ2n) is 3.78. The van der Waals surface area contributed by atoms with E-state index >= 15 is 0 Å². The molecule has 4 nitrogen and oxygen atoms in total. The van der Waals surface area contributed by atoms with Crippen molar-refractivity contribution in [3.8, 4) is 0 Å². The fraction of sp³-hybridized carbons (Fsp3) is 0.0833. The molecule has 0 saturated heterocycles. The van der Waals surface area contributed by atoms with E-state index in [-0.39, 0.29) is 12.1 Å². The average Bonchev–Trinajstić information content (AvgIpc) is 2.82. The predicted octanol–water partition coefficient (Wildman–Crippen LogP) is 3.27. The lowest BCUT2D eigenvalue weighted by Gasteiger charge is -2.26. The second-order valence-corrected chi connectivity index (χ2v) is 4.69. The van der Waals surface area contributed by atoms with Gasteiger partial charge in [0.2, 0.25) is 0 Å². The number of nitrogens with one attached hydrogen (secondary N) is 2. The SMILES string of the molecule is O=C1Nc2ccc(Br)cc2C(c2ccco2)N1. The Balaban J connectivity index is 2.13. The van der Waals surface area contributed by atoms with Crippen LogP contribution < -0.4 is 10.6 Å². The van der Waals surface area contributed by atoms with Gasteiger partial charge in [0.15, 0.2) is 0 Å². The fourth-order valence-electron chi connectivity index (χ4n) is 1.93. The lowest BCUT2D eigenvalue weighted by atomic mass is 10.0. The van der Waals surface area contributed by atoms with Crippen molar-refractivity contribution in [2.75, 3.05) is 5.32 Å². The number of furan rings is 1. The predicted molar refractivity (Wildman–Crippen MR) is 66.8 cm³/mol. The first kappa shape index (κ1) is 10.4. The number of anilines is 1. The number of rotatable bonds is 1. The van der Waals surface area contributed by atoms with Crippen LogP contribution in [-0.4, -0.2) is 6.03 Å². The van der Waals surface area contributed by atoms with Gasteiger partial charge in [-0.25, -0.2) is 4.79 Å². The summed E-state index contributed by atoms with van der Waals surface area (Å²) in [4.78, 5) is 11.5. The Bertz CT molecular complexity index is 566. The molecule has 3 rings (SSSR count). The van der Waals surface area contributed by atoms with E-state index in [9.17, 15) is 4.79 Å². The van der Waals surface area contributed by atoms with E-state index in [1.165, 1.54) is 0 Å². The summed E-state index contributed by atoms with van der Waals surface area (Å²) in [6.07, 6.45) is 1.60. The monoisotopic (exact) mass is 292 g/mol. The van der Waals surface area contributed by atoms with Crippen LogP contribution >= 0.6 is 15.9 Å². The quantitative estimate of drug-likeness (QED) is 0.848. The van der Waals surface area contributed by atoms with E-state index < -0.39 is 0 Å². The Labute approximate surface area is 106 Å². The van der Waals surface area contributed by atoms with E-state index in [4.69, 9.17) is 4.42 Å². The molecule has 1 aromatic heterocycles. The first-order chi connectivity index (χ1) is 8.24. The number of carbonyl (C=O) groups is 1. The molecule has 17 heavy (non-hydrogen) atoms. The van der Waals surface area contributed by atoms with Crippen molar-refractivity contribution in [1.82, 2.24) is 5.32 Å². The van der Waals surface area contributed by atoms with E-state index in [0.29, 0.717) is 0 Å². The highest BCUT2D eigenvalue weighted by Gasteiger charge is 2.27. The number of carbonyl (C=O) groups excluding carboxylic acids is 1. The Morgan fingerprint density at radius 2 is 2.18 bits per heavy atom. The molecule has 2 heterocycles. The van der Waals surface area contributed by atoms with E-state index in [1.54, 1.807) is 12.3 Å². The number of urea groups is 1. The number of fused-ring (bicyclic) bond motifs is 1. The summed E-state index contributed by atoms with van der Waals surface area (Å²) in [5.74, 6) is 0.721. The smallest absolute Gasteiger partial charge is 0.320 e. The first-order valence-electron chi connectivity index (χ1n) is 5.14. The second kappa shape index (κ2) is 3.92. The van der Waals surface area contributed by atoms with Crippen LogP contribution in [0.25, 0.3) is 0 Å². The van der Waals surface area contributed by atoms with Crippen LogP contribution in [0.3, 0.4) is 0 Å². The molecule has 2 amide bonds. The van der Waals surface area contributed by atoms with Gasteiger partial charge in [0, 0.05) is 15.7 Å². The molecular weight excluding hydrogens is 284 g/mol. The molecule has 0 aliphatic carbocycles. The lowest BCUT2D eigenvalue weighted by Crippen LogP contribution is -2.38. The zero-order valence-electron chi connectivity index (χ0n) is 8.74. The molecule has 0 saturated carbocycles. The van der Waals surface area contributed by atoms with Crippen molar-refractivity contribution in [2.45, 2.75) is 6.04 Å². The highest BCUT2D eigenvalue weighted by molar-refractivity contribution is 9.10. The van der Waals surface area contributed by atoms with Crippen molar-refractivity contribution in [3.63, 3.8) is 0 Å². The zero-order chi connectivity index (χ0) is 11.8. The summed E-state index contributed by atoms with van der Waals surface area (Å²) < 4.78 is 6.32. The Kier molecular flexibility index (Phi) is 2.40. The number of hydrogen-bond donors (Lipinski definition) is 2. The molecular formula is C12H9BrN2O2. The summed E-state index contributed by atoms with van der Waals surface area (Å²) in [7, 11) is 0. The Morgan fingerprint density at radius 3 is 2.94 bits per heavy atom. The third-order valence-electron chi connectivity index (χ3n) is 2.68. The molecule has 1 unspecified atom stereocenters. The van der Waals surface area contributed by atoms with Crippen LogP contribution in [0, 0.1) is 0 Å². The lowest BCUT2D eigenvalue weighted by molar-refractivity contribution is 0.247. The molecule has 1 aliphatic heterocycles. The molecule has 5 heteroatoms. The van der Waals surface area contributed by atoms with Crippen LogP contribution in [0.15, 0.2) is 45.5 Å². The highest BCUT2D eigenvalue weighted by Crippen LogP contribution is 2.33. The summed E-state index contributed by atoms with van der Waals surface area (Å²) in [5, 5.41) is 5.60. The van der Waals surface area contributed by atoms with Gasteiger partial charge >= 0.3 is 6.03 Å². The topological polar surface area (TPSA) is 54.3 Å². The fourth-order valence-corrected chi connectivity index (χ4v) is 2.31. The van der Waals surface area contributed by atoms with Crippen LogP contribution in [0.5, 0.6) is 0 Å². The number of benzene rings is 1. The first-order valence-corrected chi connectivity index (χ1v) is 5.94. The summed E-state index contributed by atoms with van der Waals surface area (Å²) in [6.45, 7) is 0. The summed E-state index contributed by atoms with van der Waals surface area (Å²) >= 11 is 3.43. The van der Waals surface area contributed by atoms with Gasteiger partial charge in [-0.05, 0) is 30.3 Å². The molecule has 0 bridgehead atoms. The van der Waals surface area contributed by atoms with Gasteiger partial charge in [-0.2, -0.15) is 0 Å². The molecule has 0 radical (unpaired) electrons. The van der Waals surface area contributed by atoms with Crippen LogP contribution in [0.2, 0.25) is 0 Å². The molecule has 2 aromatic rings. The minimum Gasteiger partial charge on any atom is -0.467 e. The molecule has 2 N–H and O–H groups in total. The van der Waals surface area contributed by atoms with Gasteiger partial charge < -0.3 is 15.1 Å². The third-order valence-corrected chi connectivity index (χ3v) is 3.17. The van der Waals surface area contributed by atoms with E-state index in [2.05, 4.69) is 26.6 Å². The highest BCUT2D eigenvalue weighted by atomic mass is 79.9. The van der Waals surface area contributed by atoms with Gasteiger partial charge in [0.25, 0.3) is 0 Å². The zero-order valence-corrected chi connectivity index (χ0v) is 10.3. The van der Waals surface area contributed by atoms with Gasteiger partial charge in [0.1, 0.15) is 11.8 Å². The van der Waals surface area contributed by atoms with Crippen LogP contribution in [0.1, 0.15) is 17.4 Å². The molecule has 0 spiro atoms. The maximum atomic E-state index is 11.5. The number of hydrogen-bond acceptors (Lipinski definition) is 2. The molecule has 1 atom stereocenters. The largest absolute Gasteiger partial charge is 0.467 e. The van der Waals surface area contributed by atoms with Crippen molar-refractivity contribution >= 4 is 27.6 Å². The van der Waals surface area contributed by atoms with Gasteiger partial charge in [-0.15, -0.1) is 0 Å². The minimum atomic E-state index is -0.244. The normalized spacial score (nSPS) is 18.2. The standard InChI is InChI=1S/C12H9BrN2O2/c13-7-3-4-9-8(6-7)11(15-12(16)14-9)10-2-1-5-17-10/h1-6,11H,(H2,14,15,16). The molecule has 0 fully saturated rings. The molecule has 86 valence electrons. The average molecular weight is 293 g/mol. The number of halogens is 1. The summed E-state index contributed by atoms with van der Waals surface area (Å²) in [6, 6.07) is 8.92. The van der Waals surface area contributed by atoms with Crippen LogP contribution in [-0.2, 0) is 0 Å². The van der Waals surface area contributed by atoms with E-state index in [1.807, 2.05) is 24.3 Å². The Hall–Kier alpha value is -1.75. The third kappa shape index (κ3) is 1.82. The maximum absolute atomic E-state index is 11.5. The van der Waals surface area contributed by atoms with Gasteiger partial charge in [0.05, 0.1) is 6.26 Å². The van der Waals surface area contributed by atoms with Gasteiger partial charge in [-0.1, -0.05) is 15.9 Å². The van der Waals surface area contributed by atoms with Crippen molar-refractivity contribution < 1.29 is 9.21 Å². The van der Waals surface area contributed by atoms with Crippen molar-refractivity contribution in [2.24, 2.45) is 0 Å². The maximum Gasteiger partial charge on any atom is 0.320 e. The summed E-state index contributed by atoms with van der Waals surface area (Å²) in [5.41, 5.74) is 1.78. The molecule has 1 aliphatic rings. The van der Waals surface area contributed by atoms with Crippen molar-refractivity contribution in [3.05, 3.63) is 52.4 Å². The van der Waals surface area contributed by atoms with Gasteiger partial charge in [-0.3, -0.25) is 0 Å². The van der Waals surface area contributed by atoms with Crippen LogP contribution in [0.4, 0.5) is 10.5 Å². The Morgan fingerprint density at radius 1 is 1.29 bits per heavy atom. The molecule has 1 aromatic carbocycles. The number of amides is 2. The minimum absolute atomic E-state index is 0.221.